The Morgan fingerprint density at radius 2 is 1.96 bits per heavy atom. The van der Waals surface area contributed by atoms with Gasteiger partial charge in [-0.2, -0.15) is 4.31 Å². The predicted molar refractivity (Wildman–Crippen MR) is 103 cm³/mol. The summed E-state index contributed by atoms with van der Waals surface area (Å²) in [7, 11) is -4.53. The Morgan fingerprint density at radius 1 is 1.26 bits per heavy atom. The van der Waals surface area contributed by atoms with Crippen molar-refractivity contribution in [1.29, 1.82) is 0 Å². The van der Waals surface area contributed by atoms with Crippen LogP contribution in [-0.2, 0) is 19.9 Å². The van der Waals surface area contributed by atoms with E-state index < -0.39 is 19.9 Å². The molecule has 9 nitrogen and oxygen atoms in total. The number of sulfone groups is 1. The number of sulfonamides is 1. The summed E-state index contributed by atoms with van der Waals surface area (Å²) in [6.45, 7) is 0.153. The zero-order valence-electron chi connectivity index (χ0n) is 15.1. The second kappa shape index (κ2) is 6.71. The molecule has 1 saturated heterocycles. The van der Waals surface area contributed by atoms with E-state index in [1.54, 1.807) is 0 Å². The van der Waals surface area contributed by atoms with Gasteiger partial charge in [0, 0.05) is 32.4 Å². The number of rotatable bonds is 5. The monoisotopic (exact) mass is 413 g/mol. The van der Waals surface area contributed by atoms with E-state index in [0.29, 0.717) is 0 Å². The van der Waals surface area contributed by atoms with E-state index in [2.05, 4.69) is 19.9 Å². The van der Waals surface area contributed by atoms with Gasteiger partial charge < -0.3 is 9.88 Å². The van der Waals surface area contributed by atoms with Crippen molar-refractivity contribution in [3.8, 4) is 0 Å². The number of H-pyrrole nitrogens is 1. The molecule has 0 aromatic carbocycles. The van der Waals surface area contributed by atoms with E-state index in [0.717, 1.165) is 29.7 Å². The molecule has 0 unspecified atom stereocenters. The molecule has 2 aliphatic rings. The van der Waals surface area contributed by atoms with Crippen LogP contribution in [0.5, 0.6) is 0 Å². The molecule has 1 aliphatic carbocycles. The molecular formula is C16H23N5O4S2. The quantitative estimate of drug-likeness (QED) is 0.746. The number of hydrogen-bond acceptors (Lipinski definition) is 7. The lowest BCUT2D eigenvalue weighted by Crippen LogP contribution is -2.49. The molecule has 0 radical (unpaired) electrons. The maximum Gasteiger partial charge on any atom is 0.214 e. The SMILES string of the molecule is CN(c1ncnc2[nH]ccc12)[C@H]1C[C@@H](CS(=O)(=O)N2CCS(=O)(=O)CC2)C1. The van der Waals surface area contributed by atoms with Crippen molar-refractivity contribution in [1.82, 2.24) is 19.3 Å². The van der Waals surface area contributed by atoms with Gasteiger partial charge >= 0.3 is 0 Å². The fourth-order valence-corrected chi connectivity index (χ4v) is 7.09. The van der Waals surface area contributed by atoms with E-state index in [1.165, 1.54) is 10.6 Å². The molecule has 3 heterocycles. The van der Waals surface area contributed by atoms with Gasteiger partial charge in [-0.1, -0.05) is 0 Å². The van der Waals surface area contributed by atoms with E-state index in [1.807, 2.05) is 19.3 Å². The lowest BCUT2D eigenvalue weighted by Gasteiger charge is -2.42. The third-order valence-electron chi connectivity index (χ3n) is 5.57. The lowest BCUT2D eigenvalue weighted by atomic mass is 9.81. The number of aromatic amines is 1. The van der Waals surface area contributed by atoms with Gasteiger partial charge in [0.25, 0.3) is 0 Å². The van der Waals surface area contributed by atoms with Crippen molar-refractivity contribution < 1.29 is 16.8 Å². The standard InChI is InChI=1S/C16H23N5O4S2/c1-20(16-14-2-3-17-15(14)18-11-19-16)13-8-12(9-13)10-27(24,25)21-4-6-26(22,23)7-5-21/h2-3,11-13H,4-10H2,1H3,(H,17,18,19)/t12-,13+. The van der Waals surface area contributed by atoms with Gasteiger partial charge in [-0.3, -0.25) is 0 Å². The molecule has 0 spiro atoms. The highest BCUT2D eigenvalue weighted by Crippen LogP contribution is 2.36. The zero-order chi connectivity index (χ0) is 19.2. The molecule has 2 fully saturated rings. The lowest BCUT2D eigenvalue weighted by molar-refractivity contribution is 0.278. The van der Waals surface area contributed by atoms with Crippen LogP contribution in [0, 0.1) is 5.92 Å². The van der Waals surface area contributed by atoms with Crippen LogP contribution in [0.15, 0.2) is 18.6 Å². The Kier molecular flexibility index (Phi) is 4.63. The summed E-state index contributed by atoms with van der Waals surface area (Å²) in [4.78, 5) is 13.7. The Balaban J connectivity index is 1.36. The minimum Gasteiger partial charge on any atom is -0.356 e. The number of hydrogen-bond donors (Lipinski definition) is 1. The Hall–Kier alpha value is -1.72. The minimum atomic E-state index is -3.41. The topological polar surface area (TPSA) is 116 Å². The fourth-order valence-electron chi connectivity index (χ4n) is 3.84. The molecule has 2 aromatic rings. The highest BCUT2D eigenvalue weighted by molar-refractivity contribution is 7.92. The maximum atomic E-state index is 12.6. The van der Waals surface area contributed by atoms with Crippen molar-refractivity contribution in [2.75, 3.05) is 42.3 Å². The average Bonchev–Trinajstić information content (AvgIpc) is 3.05. The molecule has 2 aromatic heterocycles. The number of nitrogens with zero attached hydrogens (tertiary/aromatic N) is 4. The Labute approximate surface area is 158 Å². The molecule has 0 amide bonds. The summed E-state index contributed by atoms with van der Waals surface area (Å²) in [5.74, 6) is 0.852. The van der Waals surface area contributed by atoms with Gasteiger partial charge in [0.15, 0.2) is 9.84 Å². The molecule has 1 saturated carbocycles. The molecule has 148 valence electrons. The maximum absolute atomic E-state index is 12.6. The van der Waals surface area contributed by atoms with Crippen LogP contribution in [0.3, 0.4) is 0 Å². The number of aromatic nitrogens is 3. The Bertz CT molecular complexity index is 1030. The smallest absolute Gasteiger partial charge is 0.214 e. The first kappa shape index (κ1) is 18.6. The van der Waals surface area contributed by atoms with Gasteiger partial charge in [-0.15, -0.1) is 0 Å². The largest absolute Gasteiger partial charge is 0.356 e. The number of nitrogens with one attached hydrogen (secondary N) is 1. The van der Waals surface area contributed by atoms with Crippen molar-refractivity contribution in [2.24, 2.45) is 5.92 Å². The third kappa shape index (κ3) is 3.67. The van der Waals surface area contributed by atoms with E-state index in [9.17, 15) is 16.8 Å². The van der Waals surface area contributed by atoms with E-state index in [-0.39, 0.29) is 42.3 Å². The van der Waals surface area contributed by atoms with E-state index in [4.69, 9.17) is 0 Å². The van der Waals surface area contributed by atoms with Crippen LogP contribution >= 0.6 is 0 Å². The van der Waals surface area contributed by atoms with Crippen LogP contribution in [-0.4, -0.2) is 79.5 Å². The summed E-state index contributed by atoms with van der Waals surface area (Å²) in [5, 5.41) is 0.950. The average molecular weight is 414 g/mol. The zero-order valence-corrected chi connectivity index (χ0v) is 16.7. The molecule has 4 rings (SSSR count). The molecule has 1 aliphatic heterocycles. The highest BCUT2D eigenvalue weighted by atomic mass is 32.2. The molecule has 11 heteroatoms. The summed E-state index contributed by atoms with van der Waals surface area (Å²) in [5.41, 5.74) is 0.783. The molecule has 1 N–H and O–H groups in total. The van der Waals surface area contributed by atoms with E-state index >= 15 is 0 Å². The van der Waals surface area contributed by atoms with Crippen LogP contribution in [0.25, 0.3) is 11.0 Å². The number of fused-ring (bicyclic) bond motifs is 1. The first-order valence-corrected chi connectivity index (χ1v) is 12.4. The van der Waals surface area contributed by atoms with Crippen molar-refractivity contribution in [2.45, 2.75) is 18.9 Å². The van der Waals surface area contributed by atoms with Gasteiger partial charge in [0.1, 0.15) is 17.8 Å². The summed E-state index contributed by atoms with van der Waals surface area (Å²) >= 11 is 0. The molecule has 27 heavy (non-hydrogen) atoms. The molecule has 0 atom stereocenters. The van der Waals surface area contributed by atoms with Crippen LogP contribution in [0.4, 0.5) is 5.82 Å². The number of anilines is 1. The Morgan fingerprint density at radius 3 is 2.67 bits per heavy atom. The van der Waals surface area contributed by atoms with Crippen molar-refractivity contribution >= 4 is 36.7 Å². The minimum absolute atomic E-state index is 0.0765. The summed E-state index contributed by atoms with van der Waals surface area (Å²) < 4.78 is 49.5. The van der Waals surface area contributed by atoms with Gasteiger partial charge in [-0.05, 0) is 24.8 Å². The van der Waals surface area contributed by atoms with Crippen molar-refractivity contribution in [3.05, 3.63) is 18.6 Å². The predicted octanol–water partition coefficient (Wildman–Crippen LogP) is 0.233. The second-order valence-corrected chi connectivity index (χ2v) is 11.7. The second-order valence-electron chi connectivity index (χ2n) is 7.37. The van der Waals surface area contributed by atoms with Gasteiger partial charge in [0.05, 0.1) is 22.6 Å². The van der Waals surface area contributed by atoms with Crippen molar-refractivity contribution in [3.63, 3.8) is 0 Å². The van der Waals surface area contributed by atoms with Crippen LogP contribution in [0.2, 0.25) is 0 Å². The third-order valence-corrected chi connectivity index (χ3v) is 9.22. The fraction of sp³-hybridized carbons (Fsp3) is 0.625. The normalized spacial score (nSPS) is 26.0. The molecular weight excluding hydrogens is 390 g/mol. The first-order chi connectivity index (χ1) is 12.8. The van der Waals surface area contributed by atoms with Crippen LogP contribution < -0.4 is 4.90 Å². The highest BCUT2D eigenvalue weighted by Gasteiger charge is 2.38. The summed E-state index contributed by atoms with van der Waals surface area (Å²) in [6.07, 6.45) is 4.90. The van der Waals surface area contributed by atoms with Crippen LogP contribution in [0.1, 0.15) is 12.8 Å². The van der Waals surface area contributed by atoms with Gasteiger partial charge in [-0.25, -0.2) is 26.8 Å². The first-order valence-electron chi connectivity index (χ1n) is 8.94. The summed E-state index contributed by atoms with van der Waals surface area (Å²) in [6, 6.07) is 2.17. The molecule has 0 bridgehead atoms. The van der Waals surface area contributed by atoms with Gasteiger partial charge in [0.2, 0.25) is 10.0 Å².